The summed E-state index contributed by atoms with van der Waals surface area (Å²) in [6.45, 7) is 0. The highest BCUT2D eigenvalue weighted by molar-refractivity contribution is 5.91. The van der Waals surface area contributed by atoms with Crippen molar-refractivity contribution in [3.8, 4) is 11.5 Å². The van der Waals surface area contributed by atoms with Gasteiger partial charge < -0.3 is 14.3 Å². The number of aromatic nitrogens is 1. The molecule has 0 aromatic carbocycles. The van der Waals surface area contributed by atoms with Gasteiger partial charge in [-0.15, -0.1) is 0 Å². The fourth-order valence-corrected chi connectivity index (χ4v) is 6.38. The minimum absolute atomic E-state index is 0.0506. The first-order chi connectivity index (χ1) is 12.6. The minimum Gasteiger partial charge on any atom is -0.461 e. The molecule has 5 aliphatic carbocycles. The van der Waals surface area contributed by atoms with E-state index >= 15 is 0 Å². The van der Waals surface area contributed by atoms with Crippen molar-refractivity contribution in [1.82, 2.24) is 10.5 Å². The van der Waals surface area contributed by atoms with Gasteiger partial charge in [-0.2, -0.15) is 0 Å². The van der Waals surface area contributed by atoms with Gasteiger partial charge in [-0.3, -0.25) is 4.79 Å². The standard InChI is InChI=1S/C21H24N2O3/c24-19(22-20-10-13-6-14(11-20)8-15(7-13)12-20)21(3-4-21)18-9-17(26-23-18)16-2-1-5-25-16/h1-2,5,9,13-15H,3-4,6-8,10-12H2,(H,22,24). The molecule has 0 saturated heterocycles. The zero-order valence-electron chi connectivity index (χ0n) is 14.9. The van der Waals surface area contributed by atoms with Crippen molar-refractivity contribution in [1.29, 1.82) is 0 Å². The summed E-state index contributed by atoms with van der Waals surface area (Å²) in [5.74, 6) is 3.90. The summed E-state index contributed by atoms with van der Waals surface area (Å²) < 4.78 is 10.8. The lowest BCUT2D eigenvalue weighted by Gasteiger charge is -2.57. The highest BCUT2D eigenvalue weighted by Crippen LogP contribution is 2.57. The first-order valence-corrected chi connectivity index (χ1v) is 9.98. The molecule has 5 saturated carbocycles. The summed E-state index contributed by atoms with van der Waals surface area (Å²) in [6.07, 6.45) is 11.0. The fourth-order valence-electron chi connectivity index (χ4n) is 6.38. The normalized spacial score (nSPS) is 36.2. The van der Waals surface area contributed by atoms with Gasteiger partial charge in [0.2, 0.25) is 11.7 Å². The summed E-state index contributed by atoms with van der Waals surface area (Å²) in [7, 11) is 0. The van der Waals surface area contributed by atoms with Crippen LogP contribution in [0.3, 0.4) is 0 Å². The number of hydrogen-bond donors (Lipinski definition) is 1. The van der Waals surface area contributed by atoms with Gasteiger partial charge in [0.05, 0.1) is 17.4 Å². The van der Waals surface area contributed by atoms with E-state index in [-0.39, 0.29) is 11.4 Å². The highest BCUT2D eigenvalue weighted by atomic mass is 16.5. The number of furan rings is 1. The van der Waals surface area contributed by atoms with Crippen molar-refractivity contribution in [2.24, 2.45) is 17.8 Å². The molecule has 5 fully saturated rings. The summed E-state index contributed by atoms with van der Waals surface area (Å²) in [5.41, 5.74) is 0.318. The minimum atomic E-state index is -0.488. The molecule has 2 heterocycles. The number of nitrogens with zero attached hydrogens (tertiary/aromatic N) is 1. The molecule has 4 bridgehead atoms. The van der Waals surface area contributed by atoms with Crippen LogP contribution in [0.15, 0.2) is 33.4 Å². The zero-order valence-corrected chi connectivity index (χ0v) is 14.9. The molecule has 26 heavy (non-hydrogen) atoms. The van der Waals surface area contributed by atoms with Crippen LogP contribution in [0.1, 0.15) is 57.1 Å². The van der Waals surface area contributed by atoms with Crippen molar-refractivity contribution in [2.75, 3.05) is 0 Å². The van der Waals surface area contributed by atoms with Gasteiger partial charge in [0.15, 0.2) is 5.76 Å². The van der Waals surface area contributed by atoms with Crippen LogP contribution >= 0.6 is 0 Å². The Morgan fingerprint density at radius 2 is 1.77 bits per heavy atom. The molecule has 2 aromatic rings. The third-order valence-electron chi connectivity index (χ3n) is 7.37. The molecule has 0 aliphatic heterocycles. The lowest BCUT2D eigenvalue weighted by molar-refractivity contribution is -0.129. The summed E-state index contributed by atoms with van der Waals surface area (Å²) in [6, 6.07) is 5.55. The maximum atomic E-state index is 13.3. The SMILES string of the molecule is O=C(NC12CC3CC(CC(C3)C1)C2)C1(c2cc(-c3ccco3)on2)CC1. The molecule has 5 heteroatoms. The quantitative estimate of drug-likeness (QED) is 0.901. The Balaban J connectivity index is 1.25. The van der Waals surface area contributed by atoms with Gasteiger partial charge in [0, 0.05) is 11.6 Å². The van der Waals surface area contributed by atoms with E-state index in [9.17, 15) is 4.79 Å². The van der Waals surface area contributed by atoms with Gasteiger partial charge in [-0.25, -0.2) is 0 Å². The van der Waals surface area contributed by atoms with Gasteiger partial charge in [-0.1, -0.05) is 5.16 Å². The number of carbonyl (C=O) groups excluding carboxylic acids is 1. The molecule has 7 rings (SSSR count). The lowest BCUT2D eigenvalue weighted by Crippen LogP contribution is -2.61. The second-order valence-electron chi connectivity index (χ2n) is 9.29. The predicted molar refractivity (Wildman–Crippen MR) is 94.2 cm³/mol. The van der Waals surface area contributed by atoms with Crippen molar-refractivity contribution < 1.29 is 13.7 Å². The van der Waals surface area contributed by atoms with Crippen LogP contribution in [-0.4, -0.2) is 16.6 Å². The molecule has 0 radical (unpaired) electrons. The largest absolute Gasteiger partial charge is 0.461 e. The molecule has 0 atom stereocenters. The second-order valence-corrected chi connectivity index (χ2v) is 9.29. The van der Waals surface area contributed by atoms with E-state index in [0.717, 1.165) is 36.3 Å². The van der Waals surface area contributed by atoms with Crippen molar-refractivity contribution >= 4 is 5.91 Å². The van der Waals surface area contributed by atoms with Crippen molar-refractivity contribution in [2.45, 2.75) is 62.3 Å². The topological polar surface area (TPSA) is 68.3 Å². The van der Waals surface area contributed by atoms with Gasteiger partial charge in [-0.05, 0) is 81.3 Å². The molecule has 5 aliphatic rings. The van der Waals surface area contributed by atoms with Crippen molar-refractivity contribution in [3.05, 3.63) is 30.2 Å². The molecular formula is C21H24N2O3. The van der Waals surface area contributed by atoms with E-state index in [2.05, 4.69) is 10.5 Å². The Labute approximate surface area is 152 Å². The Morgan fingerprint density at radius 3 is 2.35 bits per heavy atom. The van der Waals surface area contributed by atoms with Crippen LogP contribution in [0.5, 0.6) is 0 Å². The van der Waals surface area contributed by atoms with Crippen LogP contribution in [0, 0.1) is 17.8 Å². The van der Waals surface area contributed by atoms with E-state index in [4.69, 9.17) is 8.94 Å². The summed E-state index contributed by atoms with van der Waals surface area (Å²) in [5, 5.41) is 7.75. The number of rotatable bonds is 4. The van der Waals surface area contributed by atoms with Gasteiger partial charge >= 0.3 is 0 Å². The number of nitrogens with one attached hydrogen (secondary N) is 1. The van der Waals surface area contributed by atoms with E-state index in [1.807, 2.05) is 18.2 Å². The van der Waals surface area contributed by atoms with Gasteiger partial charge in [0.1, 0.15) is 0 Å². The van der Waals surface area contributed by atoms with E-state index in [0.29, 0.717) is 11.5 Å². The van der Waals surface area contributed by atoms with Crippen LogP contribution in [0.25, 0.3) is 11.5 Å². The number of hydrogen-bond acceptors (Lipinski definition) is 4. The van der Waals surface area contributed by atoms with E-state index < -0.39 is 5.41 Å². The fraction of sp³-hybridized carbons (Fsp3) is 0.619. The van der Waals surface area contributed by atoms with Gasteiger partial charge in [0.25, 0.3) is 0 Å². The van der Waals surface area contributed by atoms with Crippen LogP contribution in [0.4, 0.5) is 0 Å². The second kappa shape index (κ2) is 5.02. The maximum absolute atomic E-state index is 13.3. The van der Waals surface area contributed by atoms with Crippen LogP contribution in [-0.2, 0) is 10.2 Å². The monoisotopic (exact) mass is 352 g/mol. The third-order valence-corrected chi connectivity index (χ3v) is 7.37. The predicted octanol–water partition coefficient (Wildman–Crippen LogP) is 4.05. The van der Waals surface area contributed by atoms with Crippen LogP contribution < -0.4 is 5.32 Å². The van der Waals surface area contributed by atoms with E-state index in [1.165, 1.54) is 38.5 Å². The Morgan fingerprint density at radius 1 is 1.08 bits per heavy atom. The molecule has 5 nitrogen and oxygen atoms in total. The molecule has 136 valence electrons. The number of amides is 1. The first kappa shape index (κ1) is 15.1. The third kappa shape index (κ3) is 2.15. The first-order valence-electron chi connectivity index (χ1n) is 9.98. The zero-order chi connectivity index (χ0) is 17.4. The van der Waals surface area contributed by atoms with Crippen molar-refractivity contribution in [3.63, 3.8) is 0 Å². The lowest BCUT2D eigenvalue weighted by atomic mass is 9.53. The molecule has 1 N–H and O–H groups in total. The molecule has 0 spiro atoms. The number of carbonyl (C=O) groups is 1. The maximum Gasteiger partial charge on any atom is 0.232 e. The van der Waals surface area contributed by atoms with E-state index in [1.54, 1.807) is 6.26 Å². The Bertz CT molecular complexity index is 811. The molecule has 0 unspecified atom stereocenters. The van der Waals surface area contributed by atoms with Crippen LogP contribution in [0.2, 0.25) is 0 Å². The highest BCUT2D eigenvalue weighted by Gasteiger charge is 2.58. The molecule has 2 aromatic heterocycles. The Kier molecular flexibility index (Phi) is 2.91. The summed E-state index contributed by atoms with van der Waals surface area (Å²) in [4.78, 5) is 13.3. The Hall–Kier alpha value is -2.04. The molecular weight excluding hydrogens is 328 g/mol. The average molecular weight is 352 g/mol. The smallest absolute Gasteiger partial charge is 0.232 e. The average Bonchev–Trinajstić information content (AvgIpc) is 3.02. The molecule has 1 amide bonds. The summed E-state index contributed by atoms with van der Waals surface area (Å²) >= 11 is 0.